The van der Waals surface area contributed by atoms with Gasteiger partial charge in [0.15, 0.2) is 5.69 Å². The summed E-state index contributed by atoms with van der Waals surface area (Å²) in [4.78, 5) is 44.1. The summed E-state index contributed by atoms with van der Waals surface area (Å²) in [6.07, 6.45) is 5.02. The predicted octanol–water partition coefficient (Wildman–Crippen LogP) is 1.57. The highest BCUT2D eigenvalue weighted by atomic mass is 16.3. The largest absolute Gasteiger partial charge is 0.508 e. The summed E-state index contributed by atoms with van der Waals surface area (Å²) in [5.41, 5.74) is 7.79. The molecule has 12 nitrogen and oxygen atoms in total. The van der Waals surface area contributed by atoms with E-state index in [9.17, 15) is 19.5 Å². The number of fused-ring (bicyclic) bond motifs is 1. The molecular weight excluding hydrogens is 476 g/mol. The van der Waals surface area contributed by atoms with Gasteiger partial charge in [-0.15, -0.1) is 0 Å². The number of benzene rings is 1. The molecule has 1 saturated heterocycles. The highest BCUT2D eigenvalue weighted by molar-refractivity contribution is 6.05. The second-order valence-electron chi connectivity index (χ2n) is 9.02. The molecule has 0 aliphatic carbocycles. The third-order valence-corrected chi connectivity index (χ3v) is 6.31. The third-order valence-electron chi connectivity index (χ3n) is 6.31. The lowest BCUT2D eigenvalue weighted by Crippen LogP contribution is -2.44. The maximum absolute atomic E-state index is 13.4. The van der Waals surface area contributed by atoms with Gasteiger partial charge in [0.1, 0.15) is 24.2 Å². The zero-order valence-corrected chi connectivity index (χ0v) is 19.9. The number of nitrogens with two attached hydrogens (primary N) is 1. The fourth-order valence-corrected chi connectivity index (χ4v) is 4.61. The van der Waals surface area contributed by atoms with Crippen molar-refractivity contribution in [2.24, 2.45) is 11.7 Å². The van der Waals surface area contributed by atoms with Crippen molar-refractivity contribution in [3.8, 4) is 16.9 Å². The molecule has 37 heavy (non-hydrogen) atoms. The van der Waals surface area contributed by atoms with E-state index in [0.29, 0.717) is 23.9 Å². The topological polar surface area (TPSA) is 169 Å². The summed E-state index contributed by atoms with van der Waals surface area (Å²) < 4.78 is 1.43. The number of hydrogen-bond donors (Lipinski definition) is 3. The number of nitrogens with one attached hydrogen (secondary N) is 1. The molecule has 12 heteroatoms. The zero-order chi connectivity index (χ0) is 26.1. The predicted molar refractivity (Wildman–Crippen MR) is 133 cm³/mol. The van der Waals surface area contributed by atoms with Crippen LogP contribution in [0.25, 0.3) is 22.0 Å². The van der Waals surface area contributed by atoms with E-state index in [4.69, 9.17) is 5.73 Å². The van der Waals surface area contributed by atoms with Crippen molar-refractivity contribution in [1.29, 1.82) is 0 Å². The normalized spacial score (nSPS) is 17.2. The summed E-state index contributed by atoms with van der Waals surface area (Å²) >= 11 is 0. The Morgan fingerprint density at radius 3 is 2.68 bits per heavy atom. The molecule has 4 N–H and O–H groups in total. The summed E-state index contributed by atoms with van der Waals surface area (Å²) in [6.45, 7) is 2.18. The number of pyridine rings is 1. The fourth-order valence-electron chi connectivity index (χ4n) is 4.61. The lowest BCUT2D eigenvalue weighted by molar-refractivity contribution is -0.137. The number of rotatable bonds is 6. The summed E-state index contributed by atoms with van der Waals surface area (Å²) in [6, 6.07) is 9.18. The van der Waals surface area contributed by atoms with Crippen LogP contribution in [-0.2, 0) is 16.1 Å². The Morgan fingerprint density at radius 1 is 1.11 bits per heavy atom. The lowest BCUT2D eigenvalue weighted by Gasteiger charge is -2.24. The quantitative estimate of drug-likeness (QED) is 0.358. The first kappa shape index (κ1) is 23.9. The molecular formula is C25H24N8O4. The Balaban J connectivity index is 1.41. The lowest BCUT2D eigenvalue weighted by atomic mass is 10.0. The Kier molecular flexibility index (Phi) is 6.22. The van der Waals surface area contributed by atoms with Gasteiger partial charge in [-0.2, -0.15) is 15.3 Å². The van der Waals surface area contributed by atoms with E-state index in [-0.39, 0.29) is 35.6 Å². The minimum Gasteiger partial charge on any atom is -0.508 e. The molecule has 3 amide bonds. The third kappa shape index (κ3) is 4.81. The standard InChI is InChI=1S/C25H24N8O4/c1-14-8-20(25(37)30-21-10-17(34)5-6-27-21)32(12-14)22(35)13-33-19-3-2-15(16-4-7-28-29-11-16)9-18(19)23(31-33)24(26)36/h2-7,9-11,14,20H,8,12-13H2,1H3,(H2,26,36)(H2,27,30,34,37)/t14-,20+/m1/s1. The van der Waals surface area contributed by atoms with Crippen molar-refractivity contribution in [3.63, 3.8) is 0 Å². The van der Waals surface area contributed by atoms with E-state index in [0.717, 1.165) is 11.1 Å². The second-order valence-corrected chi connectivity index (χ2v) is 9.02. The number of carbonyl (C=O) groups is 3. The maximum Gasteiger partial charge on any atom is 0.269 e. The van der Waals surface area contributed by atoms with Crippen LogP contribution in [0.15, 0.2) is 55.0 Å². The van der Waals surface area contributed by atoms with Gasteiger partial charge in [-0.05, 0) is 42.2 Å². The molecule has 188 valence electrons. The van der Waals surface area contributed by atoms with E-state index < -0.39 is 17.9 Å². The molecule has 1 aliphatic heterocycles. The number of aromatic hydroxyl groups is 1. The summed E-state index contributed by atoms with van der Waals surface area (Å²) in [5.74, 6) is -1.17. The van der Waals surface area contributed by atoms with Crippen LogP contribution in [0.2, 0.25) is 0 Å². The van der Waals surface area contributed by atoms with E-state index in [1.165, 1.54) is 27.9 Å². The van der Waals surface area contributed by atoms with Gasteiger partial charge in [-0.1, -0.05) is 13.0 Å². The van der Waals surface area contributed by atoms with Crippen molar-refractivity contribution < 1.29 is 19.5 Å². The molecule has 0 bridgehead atoms. The number of amides is 3. The summed E-state index contributed by atoms with van der Waals surface area (Å²) in [5, 5.41) is 24.8. The minimum absolute atomic E-state index is 0.0304. The number of nitrogens with zero attached hydrogens (tertiary/aromatic N) is 6. The van der Waals surface area contributed by atoms with Gasteiger partial charge in [0.25, 0.3) is 5.91 Å². The number of likely N-dealkylation sites (tertiary alicyclic amines) is 1. The monoisotopic (exact) mass is 500 g/mol. The first-order valence-corrected chi connectivity index (χ1v) is 11.6. The van der Waals surface area contributed by atoms with Gasteiger partial charge in [-0.3, -0.25) is 19.1 Å². The highest BCUT2D eigenvalue weighted by Gasteiger charge is 2.38. The first-order chi connectivity index (χ1) is 17.8. The number of carbonyl (C=O) groups excluding carboxylic acids is 3. The zero-order valence-electron chi connectivity index (χ0n) is 19.9. The van der Waals surface area contributed by atoms with Gasteiger partial charge in [-0.25, -0.2) is 4.98 Å². The molecule has 5 rings (SSSR count). The molecule has 0 saturated carbocycles. The van der Waals surface area contributed by atoms with Gasteiger partial charge >= 0.3 is 0 Å². The number of primary amides is 1. The van der Waals surface area contributed by atoms with Crippen LogP contribution < -0.4 is 11.1 Å². The molecule has 4 heterocycles. The van der Waals surface area contributed by atoms with E-state index in [1.807, 2.05) is 13.0 Å². The van der Waals surface area contributed by atoms with E-state index in [2.05, 4.69) is 25.6 Å². The van der Waals surface area contributed by atoms with Gasteiger partial charge in [0.05, 0.1) is 17.9 Å². The van der Waals surface area contributed by atoms with Crippen molar-refractivity contribution in [2.75, 3.05) is 11.9 Å². The summed E-state index contributed by atoms with van der Waals surface area (Å²) in [7, 11) is 0. The molecule has 4 aromatic rings. The van der Waals surface area contributed by atoms with Crippen LogP contribution in [0.4, 0.5) is 5.82 Å². The Labute approximate surface area is 211 Å². The van der Waals surface area contributed by atoms with Crippen LogP contribution in [0.3, 0.4) is 0 Å². The average molecular weight is 501 g/mol. The van der Waals surface area contributed by atoms with Crippen LogP contribution in [0, 0.1) is 5.92 Å². The molecule has 0 unspecified atom stereocenters. The van der Waals surface area contributed by atoms with Gasteiger partial charge < -0.3 is 21.1 Å². The molecule has 0 radical (unpaired) electrons. The van der Waals surface area contributed by atoms with Gasteiger partial charge in [0, 0.05) is 29.8 Å². The Bertz CT molecular complexity index is 1500. The van der Waals surface area contributed by atoms with Gasteiger partial charge in [0.2, 0.25) is 11.8 Å². The van der Waals surface area contributed by atoms with Crippen LogP contribution in [-0.4, -0.2) is 65.3 Å². The maximum atomic E-state index is 13.4. The number of anilines is 1. The number of aromatic nitrogens is 5. The molecule has 0 spiro atoms. The molecule has 1 fully saturated rings. The first-order valence-electron chi connectivity index (χ1n) is 11.6. The minimum atomic E-state index is -0.716. The van der Waals surface area contributed by atoms with Crippen molar-refractivity contribution >= 4 is 34.4 Å². The SMILES string of the molecule is C[C@@H]1C[C@@H](C(=O)Nc2cc(O)ccn2)N(C(=O)Cn2nc(C(N)=O)c3cc(-c4ccnnc4)ccc32)C1. The van der Waals surface area contributed by atoms with Crippen molar-refractivity contribution in [1.82, 2.24) is 29.9 Å². The molecule has 3 aromatic heterocycles. The van der Waals surface area contributed by atoms with Crippen molar-refractivity contribution in [2.45, 2.75) is 25.9 Å². The fraction of sp³-hybridized carbons (Fsp3) is 0.240. The van der Waals surface area contributed by atoms with Crippen LogP contribution >= 0.6 is 0 Å². The average Bonchev–Trinajstić information content (AvgIpc) is 3.45. The number of hydrogen-bond acceptors (Lipinski definition) is 8. The van der Waals surface area contributed by atoms with Crippen LogP contribution in [0.5, 0.6) is 5.75 Å². The second kappa shape index (κ2) is 9.64. The Hall–Kier alpha value is -4.87. The molecule has 2 atom stereocenters. The van der Waals surface area contributed by atoms with Crippen LogP contribution in [0.1, 0.15) is 23.8 Å². The van der Waals surface area contributed by atoms with E-state index >= 15 is 0 Å². The van der Waals surface area contributed by atoms with Crippen molar-refractivity contribution in [3.05, 3.63) is 60.7 Å². The van der Waals surface area contributed by atoms with E-state index in [1.54, 1.807) is 30.6 Å². The Morgan fingerprint density at radius 2 is 1.95 bits per heavy atom. The molecule has 1 aliphatic rings. The highest BCUT2D eigenvalue weighted by Crippen LogP contribution is 2.28. The smallest absolute Gasteiger partial charge is 0.269 e. The molecule has 1 aromatic carbocycles.